The van der Waals surface area contributed by atoms with Gasteiger partial charge in [-0.15, -0.1) is 0 Å². The van der Waals surface area contributed by atoms with Crippen LogP contribution in [0, 0.1) is 23.7 Å². The predicted octanol–water partition coefficient (Wildman–Crippen LogP) is 3.28. The Kier molecular flexibility index (Phi) is 4.42. The van der Waals surface area contributed by atoms with Gasteiger partial charge in [-0.3, -0.25) is 4.79 Å². The van der Waals surface area contributed by atoms with E-state index in [-0.39, 0.29) is 35.9 Å². The van der Waals surface area contributed by atoms with E-state index in [1.807, 2.05) is 6.07 Å². The zero-order valence-corrected chi connectivity index (χ0v) is 14.0. The molecule has 2 aliphatic carbocycles. The van der Waals surface area contributed by atoms with Crippen LogP contribution in [-0.2, 0) is 19.0 Å². The summed E-state index contributed by atoms with van der Waals surface area (Å²) in [7, 11) is 1.49. The molecule has 0 N–H and O–H groups in total. The van der Waals surface area contributed by atoms with Gasteiger partial charge < -0.3 is 14.2 Å². The fourth-order valence-corrected chi connectivity index (χ4v) is 4.72. The average molecular weight is 328 g/mol. The fraction of sp³-hybridized carbons (Fsp3) is 0.550. The van der Waals surface area contributed by atoms with Crippen LogP contribution in [-0.4, -0.2) is 32.6 Å². The Morgan fingerprint density at radius 1 is 1.08 bits per heavy atom. The van der Waals surface area contributed by atoms with E-state index >= 15 is 0 Å². The molecule has 4 heteroatoms. The van der Waals surface area contributed by atoms with Gasteiger partial charge in [0.2, 0.25) is 0 Å². The second-order valence-electron chi connectivity index (χ2n) is 6.99. The van der Waals surface area contributed by atoms with Gasteiger partial charge in [0.05, 0.1) is 26.2 Å². The Hall–Kier alpha value is -1.65. The monoisotopic (exact) mass is 328 g/mol. The average Bonchev–Trinajstić information content (AvgIpc) is 3.15. The highest BCUT2D eigenvalue weighted by molar-refractivity contribution is 5.77. The van der Waals surface area contributed by atoms with Crippen LogP contribution in [0.5, 0.6) is 0 Å². The number of rotatable bonds is 3. The molecule has 1 aromatic carbocycles. The van der Waals surface area contributed by atoms with Crippen LogP contribution in [0.4, 0.5) is 0 Å². The number of allylic oxidation sites excluding steroid dienone is 2. The van der Waals surface area contributed by atoms with E-state index in [0.717, 1.165) is 19.3 Å². The lowest BCUT2D eigenvalue weighted by Gasteiger charge is -2.45. The maximum Gasteiger partial charge on any atom is 0.309 e. The largest absolute Gasteiger partial charge is 0.469 e. The zero-order chi connectivity index (χ0) is 16.5. The molecule has 2 fully saturated rings. The van der Waals surface area contributed by atoms with Crippen LogP contribution in [0.25, 0.3) is 5.57 Å². The van der Waals surface area contributed by atoms with Crippen LogP contribution in [0.3, 0.4) is 0 Å². The van der Waals surface area contributed by atoms with Crippen molar-refractivity contribution in [2.45, 2.75) is 25.6 Å². The van der Waals surface area contributed by atoms with Crippen molar-refractivity contribution in [2.24, 2.45) is 23.7 Å². The van der Waals surface area contributed by atoms with Crippen LogP contribution in [0.2, 0.25) is 0 Å². The lowest BCUT2D eigenvalue weighted by Crippen LogP contribution is -2.45. The van der Waals surface area contributed by atoms with E-state index in [4.69, 9.17) is 14.2 Å². The summed E-state index contributed by atoms with van der Waals surface area (Å²) in [4.78, 5) is 12.5. The van der Waals surface area contributed by atoms with E-state index in [0.29, 0.717) is 13.2 Å². The molecule has 1 saturated carbocycles. The smallest absolute Gasteiger partial charge is 0.309 e. The molecule has 1 heterocycles. The summed E-state index contributed by atoms with van der Waals surface area (Å²) in [6.07, 6.45) is 5.05. The normalized spacial score (nSPS) is 33.1. The van der Waals surface area contributed by atoms with Crippen LogP contribution in [0.1, 0.15) is 24.8 Å². The summed E-state index contributed by atoms with van der Waals surface area (Å²) < 4.78 is 16.7. The first-order valence-corrected chi connectivity index (χ1v) is 8.85. The predicted molar refractivity (Wildman–Crippen MR) is 89.9 cm³/mol. The van der Waals surface area contributed by atoms with Gasteiger partial charge in [0.25, 0.3) is 0 Å². The van der Waals surface area contributed by atoms with Gasteiger partial charge in [0, 0.05) is 5.92 Å². The number of hydrogen-bond donors (Lipinski definition) is 0. The molecule has 1 aliphatic heterocycles. The molecule has 2 bridgehead atoms. The minimum atomic E-state index is -0.168. The molecule has 0 aromatic heterocycles. The number of benzene rings is 1. The third-order valence-corrected chi connectivity index (χ3v) is 5.79. The molecular weight excluding hydrogens is 304 g/mol. The molecule has 0 amide bonds. The van der Waals surface area contributed by atoms with E-state index in [9.17, 15) is 4.79 Å². The van der Waals surface area contributed by atoms with Crippen LogP contribution < -0.4 is 0 Å². The number of esters is 1. The molecule has 1 unspecified atom stereocenters. The van der Waals surface area contributed by atoms with Gasteiger partial charge in [-0.2, -0.15) is 0 Å². The molecule has 4 atom stereocenters. The molecule has 1 aromatic rings. The van der Waals surface area contributed by atoms with Gasteiger partial charge >= 0.3 is 5.97 Å². The van der Waals surface area contributed by atoms with E-state index in [1.54, 1.807) is 0 Å². The van der Waals surface area contributed by atoms with Crippen LogP contribution in [0.15, 0.2) is 36.4 Å². The Morgan fingerprint density at radius 3 is 2.54 bits per heavy atom. The topological polar surface area (TPSA) is 44.8 Å². The molecule has 4 nitrogen and oxygen atoms in total. The molecule has 3 aliphatic rings. The van der Waals surface area contributed by atoms with Gasteiger partial charge in [-0.1, -0.05) is 36.4 Å². The summed E-state index contributed by atoms with van der Waals surface area (Å²) in [5, 5.41) is 0. The SMILES string of the molecule is COC(=O)[C@@H]1[C@@H]2CC(c3ccccc3)=C[C@H]1CCC2C1OCCO1. The summed E-state index contributed by atoms with van der Waals surface area (Å²) in [5.74, 6) is 0.578. The Bertz CT molecular complexity index is 618. The van der Waals surface area contributed by atoms with Crippen molar-refractivity contribution in [1.29, 1.82) is 0 Å². The zero-order valence-electron chi connectivity index (χ0n) is 14.0. The molecule has 24 heavy (non-hydrogen) atoms. The number of fused-ring (bicyclic) bond motifs is 2. The van der Waals surface area contributed by atoms with Crippen molar-refractivity contribution in [3.05, 3.63) is 42.0 Å². The lowest BCUT2D eigenvalue weighted by molar-refractivity contribution is -0.161. The number of carbonyl (C=O) groups excluding carboxylic acids is 1. The highest BCUT2D eigenvalue weighted by atomic mass is 16.7. The third kappa shape index (κ3) is 2.78. The highest BCUT2D eigenvalue weighted by Gasteiger charge is 2.49. The maximum absolute atomic E-state index is 12.5. The highest BCUT2D eigenvalue weighted by Crippen LogP contribution is 2.51. The molecular formula is C20H24O4. The minimum Gasteiger partial charge on any atom is -0.469 e. The minimum absolute atomic E-state index is 0.0750. The number of methoxy groups -OCH3 is 1. The van der Waals surface area contributed by atoms with Gasteiger partial charge in [-0.25, -0.2) is 0 Å². The van der Waals surface area contributed by atoms with Crippen molar-refractivity contribution >= 4 is 11.5 Å². The van der Waals surface area contributed by atoms with Gasteiger partial charge in [-0.05, 0) is 42.2 Å². The first-order valence-electron chi connectivity index (χ1n) is 8.85. The lowest BCUT2D eigenvalue weighted by atomic mass is 9.60. The van der Waals surface area contributed by atoms with Crippen molar-refractivity contribution in [3.8, 4) is 0 Å². The first kappa shape index (κ1) is 15.9. The summed E-state index contributed by atoms with van der Waals surface area (Å²) in [5.41, 5.74) is 2.60. The quantitative estimate of drug-likeness (QED) is 0.799. The number of hydrogen-bond acceptors (Lipinski definition) is 4. The maximum atomic E-state index is 12.5. The second kappa shape index (κ2) is 6.69. The molecule has 0 radical (unpaired) electrons. The molecule has 4 rings (SSSR count). The number of carbonyl (C=O) groups is 1. The summed E-state index contributed by atoms with van der Waals surface area (Å²) >= 11 is 0. The first-order chi connectivity index (χ1) is 11.8. The Morgan fingerprint density at radius 2 is 1.83 bits per heavy atom. The number of ether oxygens (including phenoxy) is 3. The standard InChI is InChI=1S/C20H24O4/c1-22-19(21)18-14-7-8-16(20-23-9-10-24-20)17(18)12-15(11-14)13-5-3-2-4-6-13/h2-6,11,14,16-18,20H,7-10,12H2,1H3/t14-,16?,17-,18+/m1/s1. The van der Waals surface area contributed by atoms with Gasteiger partial charge in [0.15, 0.2) is 6.29 Å². The summed E-state index contributed by atoms with van der Waals surface area (Å²) in [6.45, 7) is 1.31. The van der Waals surface area contributed by atoms with Gasteiger partial charge in [0.1, 0.15) is 0 Å². The molecule has 128 valence electrons. The molecule has 1 saturated heterocycles. The van der Waals surface area contributed by atoms with E-state index < -0.39 is 0 Å². The summed E-state index contributed by atoms with van der Waals surface area (Å²) in [6, 6.07) is 10.5. The van der Waals surface area contributed by atoms with Crippen molar-refractivity contribution < 1.29 is 19.0 Å². The Labute approximate surface area is 142 Å². The Balaban J connectivity index is 1.67. The van der Waals surface area contributed by atoms with Crippen LogP contribution >= 0.6 is 0 Å². The van der Waals surface area contributed by atoms with Crippen molar-refractivity contribution in [1.82, 2.24) is 0 Å². The van der Waals surface area contributed by atoms with Crippen molar-refractivity contribution in [3.63, 3.8) is 0 Å². The molecule has 0 spiro atoms. The fourth-order valence-electron chi connectivity index (χ4n) is 4.72. The van der Waals surface area contributed by atoms with E-state index in [2.05, 4.69) is 30.3 Å². The van der Waals surface area contributed by atoms with Crippen molar-refractivity contribution in [2.75, 3.05) is 20.3 Å². The van der Waals surface area contributed by atoms with E-state index in [1.165, 1.54) is 18.2 Å². The second-order valence-corrected chi connectivity index (χ2v) is 6.99. The third-order valence-electron chi connectivity index (χ3n) is 5.79.